The van der Waals surface area contributed by atoms with Crippen LogP contribution in [0.25, 0.3) is 10.1 Å². The molecule has 9 heteroatoms. The van der Waals surface area contributed by atoms with Crippen LogP contribution >= 0.6 is 22.9 Å². The molecule has 0 atom stereocenters. The van der Waals surface area contributed by atoms with E-state index < -0.39 is 24.4 Å². The Kier molecular flexibility index (Phi) is 7.01. The van der Waals surface area contributed by atoms with Crippen molar-refractivity contribution in [3.05, 3.63) is 64.0 Å². The molecule has 0 spiro atoms. The standard InChI is InChI=1S/C21H16ClN3O4S/c22-19-15-3-1-2-4-16(15)30-20(19)21(28)24-11-18(27)29-12-17(26)25-14-7-5-13(6-8-14)9-10-23/h1-8H,9,11-12H2,(H,24,28)(H,25,26). The monoisotopic (exact) mass is 441 g/mol. The Hall–Kier alpha value is -3.41. The van der Waals surface area contributed by atoms with Crippen LogP contribution in [-0.2, 0) is 20.7 Å². The summed E-state index contributed by atoms with van der Waals surface area (Å²) in [5.41, 5.74) is 1.35. The molecule has 0 bridgehead atoms. The highest BCUT2D eigenvalue weighted by molar-refractivity contribution is 7.21. The molecule has 0 radical (unpaired) electrons. The van der Waals surface area contributed by atoms with Gasteiger partial charge in [-0.15, -0.1) is 11.3 Å². The number of thiophene rings is 1. The number of hydrogen-bond donors (Lipinski definition) is 2. The summed E-state index contributed by atoms with van der Waals surface area (Å²) in [6.07, 6.45) is 0.282. The molecular formula is C21H16ClN3O4S. The van der Waals surface area contributed by atoms with Gasteiger partial charge in [0.25, 0.3) is 11.8 Å². The third-order valence-electron chi connectivity index (χ3n) is 4.02. The van der Waals surface area contributed by atoms with Crippen LogP contribution in [0.3, 0.4) is 0 Å². The lowest BCUT2D eigenvalue weighted by atomic mass is 10.1. The third-order valence-corrected chi connectivity index (χ3v) is 5.69. The summed E-state index contributed by atoms with van der Waals surface area (Å²) < 4.78 is 5.74. The minimum Gasteiger partial charge on any atom is -0.454 e. The number of amides is 2. The number of hydrogen-bond acceptors (Lipinski definition) is 6. The highest BCUT2D eigenvalue weighted by Gasteiger charge is 2.18. The number of carbonyl (C=O) groups is 3. The minimum absolute atomic E-state index is 0.282. The van der Waals surface area contributed by atoms with Crippen molar-refractivity contribution in [3.8, 4) is 6.07 Å². The number of halogens is 1. The van der Waals surface area contributed by atoms with E-state index in [1.54, 1.807) is 24.3 Å². The second-order valence-electron chi connectivity index (χ2n) is 6.16. The fraction of sp³-hybridized carbons (Fsp3) is 0.143. The zero-order valence-electron chi connectivity index (χ0n) is 15.6. The van der Waals surface area contributed by atoms with Crippen LogP contribution in [0.2, 0.25) is 5.02 Å². The molecule has 152 valence electrons. The van der Waals surface area contributed by atoms with E-state index in [-0.39, 0.29) is 13.0 Å². The van der Waals surface area contributed by atoms with E-state index in [0.717, 1.165) is 15.6 Å². The molecule has 2 amide bonds. The van der Waals surface area contributed by atoms with Gasteiger partial charge in [-0.3, -0.25) is 14.4 Å². The number of benzene rings is 2. The Morgan fingerprint density at radius 1 is 1.10 bits per heavy atom. The van der Waals surface area contributed by atoms with E-state index in [9.17, 15) is 14.4 Å². The van der Waals surface area contributed by atoms with Gasteiger partial charge in [0.15, 0.2) is 6.61 Å². The molecule has 1 heterocycles. The summed E-state index contributed by atoms with van der Waals surface area (Å²) >= 11 is 7.47. The molecule has 2 N–H and O–H groups in total. The first-order valence-corrected chi connectivity index (χ1v) is 10.0. The van der Waals surface area contributed by atoms with Crippen LogP contribution in [0.15, 0.2) is 48.5 Å². The maximum Gasteiger partial charge on any atom is 0.325 e. The normalized spacial score (nSPS) is 10.3. The summed E-state index contributed by atoms with van der Waals surface area (Å²) in [6, 6.07) is 16.1. The first-order valence-electron chi connectivity index (χ1n) is 8.84. The van der Waals surface area contributed by atoms with Crippen LogP contribution in [0.1, 0.15) is 15.2 Å². The van der Waals surface area contributed by atoms with E-state index in [0.29, 0.717) is 15.6 Å². The first kappa shape index (κ1) is 21.3. The lowest BCUT2D eigenvalue weighted by Crippen LogP contribution is -2.32. The Morgan fingerprint density at radius 3 is 2.53 bits per heavy atom. The Labute approximate surface area is 181 Å². The van der Waals surface area contributed by atoms with Gasteiger partial charge in [0, 0.05) is 15.8 Å². The van der Waals surface area contributed by atoms with E-state index in [4.69, 9.17) is 21.6 Å². The van der Waals surface area contributed by atoms with Gasteiger partial charge >= 0.3 is 5.97 Å². The number of esters is 1. The lowest BCUT2D eigenvalue weighted by Gasteiger charge is -2.08. The average molecular weight is 442 g/mol. The quantitative estimate of drug-likeness (QED) is 0.545. The predicted octanol–water partition coefficient (Wildman–Crippen LogP) is 3.53. The van der Waals surface area contributed by atoms with E-state index in [2.05, 4.69) is 10.6 Å². The van der Waals surface area contributed by atoms with Crippen molar-refractivity contribution in [2.75, 3.05) is 18.5 Å². The summed E-state index contributed by atoms with van der Waals surface area (Å²) in [7, 11) is 0. The zero-order chi connectivity index (χ0) is 21.5. The van der Waals surface area contributed by atoms with Gasteiger partial charge in [-0.25, -0.2) is 0 Å². The largest absolute Gasteiger partial charge is 0.454 e. The number of nitriles is 1. The molecule has 0 saturated carbocycles. The molecule has 30 heavy (non-hydrogen) atoms. The minimum atomic E-state index is -0.750. The molecule has 0 aliphatic carbocycles. The van der Waals surface area contributed by atoms with Gasteiger partial charge in [0.2, 0.25) is 0 Å². The summed E-state index contributed by atoms with van der Waals surface area (Å²) in [6.45, 7) is -0.877. The van der Waals surface area contributed by atoms with E-state index in [1.165, 1.54) is 11.3 Å². The van der Waals surface area contributed by atoms with Gasteiger partial charge in [-0.05, 0) is 23.8 Å². The molecule has 2 aromatic carbocycles. The summed E-state index contributed by atoms with van der Waals surface area (Å²) in [5.74, 6) is -1.75. The fourth-order valence-electron chi connectivity index (χ4n) is 2.58. The Bertz CT molecular complexity index is 1140. The van der Waals surface area contributed by atoms with Crippen molar-refractivity contribution >= 4 is 56.5 Å². The smallest absolute Gasteiger partial charge is 0.325 e. The van der Waals surface area contributed by atoms with Crippen LogP contribution in [0.5, 0.6) is 0 Å². The number of fused-ring (bicyclic) bond motifs is 1. The third kappa shape index (κ3) is 5.35. The van der Waals surface area contributed by atoms with E-state index in [1.807, 2.05) is 30.3 Å². The van der Waals surface area contributed by atoms with Gasteiger partial charge in [0.05, 0.1) is 17.5 Å². The topological polar surface area (TPSA) is 108 Å². The zero-order valence-corrected chi connectivity index (χ0v) is 17.2. The Balaban J connectivity index is 1.45. The van der Waals surface area contributed by atoms with Crippen LogP contribution in [0.4, 0.5) is 5.69 Å². The number of nitrogens with one attached hydrogen (secondary N) is 2. The number of nitrogens with zero attached hydrogens (tertiary/aromatic N) is 1. The molecule has 3 rings (SSSR count). The number of anilines is 1. The van der Waals surface area contributed by atoms with Gasteiger partial charge in [0.1, 0.15) is 11.4 Å². The highest BCUT2D eigenvalue weighted by Crippen LogP contribution is 2.34. The Morgan fingerprint density at radius 2 is 1.83 bits per heavy atom. The summed E-state index contributed by atoms with van der Waals surface area (Å²) in [5, 5.41) is 14.8. The van der Waals surface area contributed by atoms with Gasteiger partial charge < -0.3 is 15.4 Å². The van der Waals surface area contributed by atoms with Crippen molar-refractivity contribution < 1.29 is 19.1 Å². The molecular weight excluding hydrogens is 426 g/mol. The maximum atomic E-state index is 12.3. The average Bonchev–Trinajstić information content (AvgIpc) is 3.09. The van der Waals surface area contributed by atoms with E-state index >= 15 is 0 Å². The molecule has 1 aromatic heterocycles. The molecule has 3 aromatic rings. The molecule has 7 nitrogen and oxygen atoms in total. The van der Waals surface area contributed by atoms with Crippen molar-refractivity contribution in [1.82, 2.24) is 5.32 Å². The van der Waals surface area contributed by atoms with Crippen LogP contribution in [0, 0.1) is 11.3 Å². The molecule has 0 saturated heterocycles. The molecule has 0 fully saturated rings. The molecule has 0 unspecified atom stereocenters. The maximum absolute atomic E-state index is 12.3. The van der Waals surface area contributed by atoms with Crippen molar-refractivity contribution in [3.63, 3.8) is 0 Å². The fourth-order valence-corrected chi connectivity index (χ4v) is 4.02. The lowest BCUT2D eigenvalue weighted by molar-refractivity contribution is -0.146. The van der Waals surface area contributed by atoms with Crippen molar-refractivity contribution in [2.45, 2.75) is 6.42 Å². The number of carbonyl (C=O) groups excluding carboxylic acids is 3. The molecule has 0 aliphatic rings. The number of ether oxygens (including phenoxy) is 1. The van der Waals surface area contributed by atoms with Crippen molar-refractivity contribution in [2.24, 2.45) is 0 Å². The van der Waals surface area contributed by atoms with Crippen molar-refractivity contribution in [1.29, 1.82) is 5.26 Å². The molecule has 0 aliphatic heterocycles. The first-order chi connectivity index (χ1) is 14.5. The van der Waals surface area contributed by atoms with Gasteiger partial charge in [-0.1, -0.05) is 41.9 Å². The SMILES string of the molecule is N#CCc1ccc(NC(=O)COC(=O)CNC(=O)c2sc3ccccc3c2Cl)cc1. The second kappa shape index (κ2) is 9.87. The highest BCUT2D eigenvalue weighted by atomic mass is 35.5. The van der Waals surface area contributed by atoms with Crippen LogP contribution < -0.4 is 10.6 Å². The van der Waals surface area contributed by atoms with Gasteiger partial charge in [-0.2, -0.15) is 5.26 Å². The summed E-state index contributed by atoms with van der Waals surface area (Å²) in [4.78, 5) is 36.3. The second-order valence-corrected chi connectivity index (χ2v) is 7.59. The van der Waals surface area contributed by atoms with Crippen LogP contribution in [-0.4, -0.2) is 30.9 Å². The predicted molar refractivity (Wildman–Crippen MR) is 115 cm³/mol. The number of rotatable bonds is 7.